The van der Waals surface area contributed by atoms with Crippen molar-refractivity contribution in [2.45, 2.75) is 62.2 Å². The van der Waals surface area contributed by atoms with Gasteiger partial charge in [0.2, 0.25) is 0 Å². The van der Waals surface area contributed by atoms with Gasteiger partial charge in [-0.25, -0.2) is 0 Å². The highest BCUT2D eigenvalue weighted by atomic mass is 79.9. The fourth-order valence-corrected chi connectivity index (χ4v) is 6.84. The third-order valence-electron chi connectivity index (χ3n) is 5.34. The van der Waals surface area contributed by atoms with E-state index in [2.05, 4.69) is 35.2 Å². The molecule has 0 aromatic rings. The molecule has 5 atom stereocenters. The SMILES string of the molecule is CN[C@@H](C)CC12C[C@@H]3C[C@@H](CC(Br)(C3)C1)C2. The first-order valence-corrected chi connectivity index (χ1v) is 7.68. The zero-order valence-electron chi connectivity index (χ0n) is 10.6. The lowest BCUT2D eigenvalue weighted by atomic mass is 9.48. The monoisotopic (exact) mass is 285 g/mol. The van der Waals surface area contributed by atoms with Crippen molar-refractivity contribution in [3.05, 3.63) is 0 Å². The van der Waals surface area contributed by atoms with Gasteiger partial charge in [-0.15, -0.1) is 0 Å². The van der Waals surface area contributed by atoms with Crippen LogP contribution in [0.5, 0.6) is 0 Å². The molecular formula is C14H24BrN. The van der Waals surface area contributed by atoms with E-state index in [4.69, 9.17) is 0 Å². The van der Waals surface area contributed by atoms with Gasteiger partial charge >= 0.3 is 0 Å². The van der Waals surface area contributed by atoms with Crippen LogP contribution in [0.3, 0.4) is 0 Å². The van der Waals surface area contributed by atoms with Crippen LogP contribution in [-0.2, 0) is 0 Å². The third-order valence-corrected chi connectivity index (χ3v) is 6.27. The summed E-state index contributed by atoms with van der Waals surface area (Å²) < 4.78 is 0.532. The van der Waals surface area contributed by atoms with E-state index >= 15 is 0 Å². The van der Waals surface area contributed by atoms with Crippen LogP contribution in [-0.4, -0.2) is 17.4 Å². The summed E-state index contributed by atoms with van der Waals surface area (Å²) in [5.41, 5.74) is 0.677. The maximum atomic E-state index is 4.08. The summed E-state index contributed by atoms with van der Waals surface area (Å²) in [7, 11) is 2.11. The Morgan fingerprint density at radius 1 is 1.25 bits per heavy atom. The van der Waals surface area contributed by atoms with Crippen molar-refractivity contribution in [1.29, 1.82) is 0 Å². The third kappa shape index (κ3) is 1.86. The van der Waals surface area contributed by atoms with Gasteiger partial charge in [-0.2, -0.15) is 0 Å². The smallest absolute Gasteiger partial charge is 0.0268 e. The van der Waals surface area contributed by atoms with Gasteiger partial charge in [0.25, 0.3) is 0 Å². The maximum Gasteiger partial charge on any atom is 0.0268 e. The highest BCUT2D eigenvalue weighted by Gasteiger charge is 2.56. The first-order valence-electron chi connectivity index (χ1n) is 6.89. The molecule has 0 saturated heterocycles. The average molecular weight is 286 g/mol. The minimum atomic E-state index is 0.532. The summed E-state index contributed by atoms with van der Waals surface area (Å²) in [4.78, 5) is 0. The molecule has 4 rings (SSSR count). The molecular weight excluding hydrogens is 262 g/mol. The number of nitrogens with one attached hydrogen (secondary N) is 1. The Labute approximate surface area is 108 Å². The van der Waals surface area contributed by atoms with E-state index in [1.54, 1.807) is 0 Å². The van der Waals surface area contributed by atoms with E-state index in [1.807, 2.05) is 0 Å². The standard InChI is InChI=1S/C14H24BrN/c1-10(16-2)4-13-5-11-3-12(6-13)8-14(15,7-11)9-13/h10-12,16H,3-9H2,1-2H3/t10-,11-,12+,13?,14?/m0/s1. The number of hydrogen-bond donors (Lipinski definition) is 1. The number of rotatable bonds is 3. The van der Waals surface area contributed by atoms with E-state index in [9.17, 15) is 0 Å². The van der Waals surface area contributed by atoms with Crippen molar-refractivity contribution >= 4 is 15.9 Å². The molecule has 0 spiro atoms. The van der Waals surface area contributed by atoms with Crippen LogP contribution >= 0.6 is 15.9 Å². The summed E-state index contributed by atoms with van der Waals surface area (Å²) in [5, 5.41) is 3.44. The minimum Gasteiger partial charge on any atom is -0.317 e. The lowest BCUT2D eigenvalue weighted by molar-refractivity contribution is -0.0439. The fraction of sp³-hybridized carbons (Fsp3) is 1.00. The molecule has 92 valence electrons. The highest BCUT2D eigenvalue weighted by Crippen LogP contribution is 2.65. The molecule has 4 aliphatic carbocycles. The van der Waals surface area contributed by atoms with Crippen molar-refractivity contribution in [2.24, 2.45) is 17.3 Å². The quantitative estimate of drug-likeness (QED) is 0.780. The second-order valence-electron chi connectivity index (χ2n) is 7.01. The molecule has 4 aliphatic rings. The van der Waals surface area contributed by atoms with E-state index < -0.39 is 0 Å². The summed E-state index contributed by atoms with van der Waals surface area (Å²) in [6, 6.07) is 0.687. The van der Waals surface area contributed by atoms with Gasteiger partial charge in [-0.05, 0) is 76.2 Å². The van der Waals surface area contributed by atoms with E-state index in [0.717, 1.165) is 11.8 Å². The van der Waals surface area contributed by atoms with Crippen molar-refractivity contribution in [3.63, 3.8) is 0 Å². The van der Waals surface area contributed by atoms with E-state index in [0.29, 0.717) is 15.8 Å². The van der Waals surface area contributed by atoms with Crippen LogP contribution < -0.4 is 5.32 Å². The molecule has 0 radical (unpaired) electrons. The van der Waals surface area contributed by atoms with Gasteiger partial charge < -0.3 is 5.32 Å². The van der Waals surface area contributed by atoms with Gasteiger partial charge in [0.05, 0.1) is 0 Å². The van der Waals surface area contributed by atoms with Crippen LogP contribution in [0.2, 0.25) is 0 Å². The van der Waals surface area contributed by atoms with Crippen molar-refractivity contribution in [1.82, 2.24) is 5.32 Å². The van der Waals surface area contributed by atoms with Crippen LogP contribution in [0.25, 0.3) is 0 Å². The van der Waals surface area contributed by atoms with Crippen LogP contribution in [0, 0.1) is 17.3 Å². The molecule has 0 aromatic carbocycles. The van der Waals surface area contributed by atoms with Crippen molar-refractivity contribution in [3.8, 4) is 0 Å². The Morgan fingerprint density at radius 3 is 2.38 bits per heavy atom. The minimum absolute atomic E-state index is 0.532. The molecule has 1 N–H and O–H groups in total. The molecule has 0 heterocycles. The Kier molecular flexibility index (Phi) is 2.68. The summed E-state index contributed by atoms with van der Waals surface area (Å²) in [6.07, 6.45) is 10.3. The lowest BCUT2D eigenvalue weighted by Crippen LogP contribution is -2.54. The summed E-state index contributed by atoms with van der Waals surface area (Å²) in [6.45, 7) is 2.35. The Morgan fingerprint density at radius 2 is 1.88 bits per heavy atom. The normalized spacial score (nSPS) is 51.9. The molecule has 0 aromatic heterocycles. The number of halogens is 1. The molecule has 4 fully saturated rings. The molecule has 4 saturated carbocycles. The zero-order valence-corrected chi connectivity index (χ0v) is 12.1. The number of hydrogen-bond acceptors (Lipinski definition) is 1. The Bertz CT molecular complexity index is 274. The highest BCUT2D eigenvalue weighted by molar-refractivity contribution is 9.10. The van der Waals surface area contributed by atoms with Crippen LogP contribution in [0.1, 0.15) is 51.9 Å². The topological polar surface area (TPSA) is 12.0 Å². The molecule has 16 heavy (non-hydrogen) atoms. The second kappa shape index (κ2) is 3.71. The van der Waals surface area contributed by atoms with Gasteiger partial charge in [0.1, 0.15) is 0 Å². The van der Waals surface area contributed by atoms with Crippen LogP contribution in [0.15, 0.2) is 0 Å². The van der Waals surface area contributed by atoms with Gasteiger partial charge in [0, 0.05) is 10.4 Å². The predicted octanol–water partition coefficient (Wildman–Crippen LogP) is 3.72. The van der Waals surface area contributed by atoms with Crippen molar-refractivity contribution in [2.75, 3.05) is 7.05 Å². The number of alkyl halides is 1. The fourth-order valence-electron chi connectivity index (χ4n) is 5.33. The van der Waals surface area contributed by atoms with E-state index in [1.165, 1.54) is 44.9 Å². The second-order valence-corrected chi connectivity index (χ2v) is 8.69. The molecule has 1 nitrogen and oxygen atoms in total. The summed E-state index contributed by atoms with van der Waals surface area (Å²) in [5.74, 6) is 2.06. The molecule has 0 aliphatic heterocycles. The maximum absolute atomic E-state index is 4.08. The van der Waals surface area contributed by atoms with Gasteiger partial charge in [0.15, 0.2) is 0 Å². The molecule has 4 bridgehead atoms. The predicted molar refractivity (Wildman–Crippen MR) is 71.9 cm³/mol. The Hall–Kier alpha value is 0.440. The lowest BCUT2D eigenvalue weighted by Gasteiger charge is -2.61. The van der Waals surface area contributed by atoms with Gasteiger partial charge in [-0.1, -0.05) is 15.9 Å². The molecule has 2 unspecified atom stereocenters. The van der Waals surface area contributed by atoms with Gasteiger partial charge in [-0.3, -0.25) is 0 Å². The average Bonchev–Trinajstić information content (AvgIpc) is 2.12. The summed E-state index contributed by atoms with van der Waals surface area (Å²) >= 11 is 4.08. The molecule has 0 amide bonds. The largest absolute Gasteiger partial charge is 0.317 e. The first-order chi connectivity index (χ1) is 7.53. The molecule has 2 heteroatoms. The van der Waals surface area contributed by atoms with E-state index in [-0.39, 0.29) is 0 Å². The Balaban J connectivity index is 1.81. The van der Waals surface area contributed by atoms with Crippen molar-refractivity contribution < 1.29 is 0 Å². The van der Waals surface area contributed by atoms with Crippen LogP contribution in [0.4, 0.5) is 0 Å². The zero-order chi connectivity index (χ0) is 11.4. The first kappa shape index (κ1) is 11.5.